The van der Waals surface area contributed by atoms with Crippen LogP contribution in [0, 0.1) is 11.8 Å². The van der Waals surface area contributed by atoms with Gasteiger partial charge in [-0.2, -0.15) is 0 Å². The van der Waals surface area contributed by atoms with Gasteiger partial charge in [-0.3, -0.25) is 0 Å². The Hall–Kier alpha value is 0.210. The van der Waals surface area contributed by atoms with Crippen molar-refractivity contribution in [2.24, 2.45) is 17.6 Å². The number of halogens is 1. The first kappa shape index (κ1) is 9.75. The van der Waals surface area contributed by atoms with Crippen molar-refractivity contribution in [2.75, 3.05) is 0 Å². The van der Waals surface area contributed by atoms with Gasteiger partial charge in [-0.15, -0.1) is 12.4 Å². The molecular weight excluding hydrogens is 186 g/mol. The van der Waals surface area contributed by atoms with Crippen LogP contribution in [-0.4, -0.2) is 11.3 Å². The zero-order valence-electron chi connectivity index (χ0n) is 8.08. The summed E-state index contributed by atoms with van der Waals surface area (Å²) >= 11 is 0. The van der Waals surface area contributed by atoms with E-state index in [0.717, 1.165) is 24.7 Å². The van der Waals surface area contributed by atoms with Crippen LogP contribution in [0.5, 0.6) is 0 Å². The lowest BCUT2D eigenvalue weighted by molar-refractivity contribution is -0.264. The average molecular weight is 204 g/mol. The third kappa shape index (κ3) is 1.39. The minimum absolute atomic E-state index is 0. The summed E-state index contributed by atoms with van der Waals surface area (Å²) in [5.74, 6) is 1.72. The second-order valence-electron chi connectivity index (χ2n) is 5.40. The summed E-state index contributed by atoms with van der Waals surface area (Å²) in [5, 5.41) is 0. The normalized spacial score (nSPS) is 57.7. The number of ether oxygens (including phenoxy) is 1. The highest BCUT2D eigenvalue weighted by Gasteiger charge is 2.55. The molecule has 0 radical (unpaired) electrons. The molecule has 2 aliphatic carbocycles. The molecule has 4 rings (SSSR count). The Balaban J connectivity index is 0.000000653. The molecule has 2 atom stereocenters. The molecule has 3 heteroatoms. The van der Waals surface area contributed by atoms with Gasteiger partial charge < -0.3 is 10.5 Å². The van der Waals surface area contributed by atoms with Crippen molar-refractivity contribution in [3.8, 4) is 0 Å². The first-order valence-electron chi connectivity index (χ1n) is 5.06. The van der Waals surface area contributed by atoms with Crippen LogP contribution in [0.15, 0.2) is 0 Å². The van der Waals surface area contributed by atoms with Crippen LogP contribution in [0.25, 0.3) is 0 Å². The molecule has 2 unspecified atom stereocenters. The number of hydrogen-bond donors (Lipinski definition) is 1. The Morgan fingerprint density at radius 1 is 1.15 bits per heavy atom. The Labute approximate surface area is 85.6 Å². The molecule has 2 aliphatic heterocycles. The smallest absolute Gasteiger partial charge is 0.118 e. The van der Waals surface area contributed by atoms with E-state index in [1.165, 1.54) is 19.3 Å². The Morgan fingerprint density at radius 3 is 2.08 bits per heavy atom. The van der Waals surface area contributed by atoms with Crippen molar-refractivity contribution in [2.45, 2.75) is 50.4 Å². The highest BCUT2D eigenvalue weighted by atomic mass is 35.5. The van der Waals surface area contributed by atoms with E-state index in [1.807, 2.05) is 0 Å². The second kappa shape index (κ2) is 2.62. The average Bonchev–Trinajstić information content (AvgIpc) is 1.75. The maximum Gasteiger partial charge on any atom is 0.118 e. The van der Waals surface area contributed by atoms with Crippen LogP contribution in [-0.2, 0) is 4.74 Å². The topological polar surface area (TPSA) is 35.2 Å². The zero-order valence-corrected chi connectivity index (χ0v) is 8.90. The van der Waals surface area contributed by atoms with Crippen LogP contribution in [0.2, 0.25) is 0 Å². The van der Waals surface area contributed by atoms with Gasteiger partial charge in [0.2, 0.25) is 0 Å². The van der Waals surface area contributed by atoms with E-state index < -0.39 is 0 Å². The lowest BCUT2D eigenvalue weighted by atomic mass is 9.61. The van der Waals surface area contributed by atoms with Gasteiger partial charge in [-0.25, -0.2) is 0 Å². The fraction of sp³-hybridized carbons (Fsp3) is 1.00. The molecule has 4 aliphatic rings. The summed E-state index contributed by atoms with van der Waals surface area (Å²) in [5.41, 5.74) is 6.08. The van der Waals surface area contributed by atoms with E-state index in [9.17, 15) is 0 Å². The maximum atomic E-state index is 6.18. The van der Waals surface area contributed by atoms with Gasteiger partial charge >= 0.3 is 0 Å². The van der Waals surface area contributed by atoms with Gasteiger partial charge in [-0.1, -0.05) is 0 Å². The zero-order chi connectivity index (χ0) is 8.40. The molecular formula is C10H18ClNO. The molecule has 2 saturated heterocycles. The van der Waals surface area contributed by atoms with Gasteiger partial charge in [0.15, 0.2) is 0 Å². The van der Waals surface area contributed by atoms with Crippen molar-refractivity contribution in [3.63, 3.8) is 0 Å². The molecule has 0 aromatic carbocycles. The van der Waals surface area contributed by atoms with Crippen LogP contribution in [0.1, 0.15) is 39.0 Å². The summed E-state index contributed by atoms with van der Waals surface area (Å²) in [6, 6.07) is 0. The first-order chi connectivity index (χ1) is 5.57. The minimum atomic E-state index is -0.237. The summed E-state index contributed by atoms with van der Waals surface area (Å²) in [6.07, 6.45) is 6.14. The van der Waals surface area contributed by atoms with E-state index in [2.05, 4.69) is 6.92 Å². The van der Waals surface area contributed by atoms with Gasteiger partial charge in [0.25, 0.3) is 0 Å². The lowest BCUT2D eigenvalue weighted by Gasteiger charge is -2.59. The Kier molecular flexibility index (Phi) is 1.96. The summed E-state index contributed by atoms with van der Waals surface area (Å²) < 4.78 is 5.98. The van der Waals surface area contributed by atoms with E-state index >= 15 is 0 Å². The summed E-state index contributed by atoms with van der Waals surface area (Å²) in [7, 11) is 0. The summed E-state index contributed by atoms with van der Waals surface area (Å²) in [4.78, 5) is 0. The van der Waals surface area contributed by atoms with Gasteiger partial charge in [0.05, 0.1) is 5.60 Å². The highest BCUT2D eigenvalue weighted by molar-refractivity contribution is 5.85. The molecule has 0 aromatic rings. The summed E-state index contributed by atoms with van der Waals surface area (Å²) in [6.45, 7) is 2.24. The monoisotopic (exact) mass is 203 g/mol. The van der Waals surface area contributed by atoms with Gasteiger partial charge in [0, 0.05) is 0 Å². The molecule has 2 N–H and O–H groups in total. The molecule has 4 bridgehead atoms. The van der Waals surface area contributed by atoms with Gasteiger partial charge in [0.1, 0.15) is 5.72 Å². The van der Waals surface area contributed by atoms with Crippen molar-refractivity contribution in [1.29, 1.82) is 0 Å². The number of hydrogen-bond acceptors (Lipinski definition) is 2. The maximum absolute atomic E-state index is 6.18. The molecule has 0 aromatic heterocycles. The quantitative estimate of drug-likeness (QED) is 0.654. The standard InChI is InChI=1S/C10H17NO.ClH/c1-9-3-7-2-8(4-9)6-10(11,5-7)12-9;/h7-8H,2-6,11H2,1H3;1H. The van der Waals surface area contributed by atoms with Crippen molar-refractivity contribution >= 4 is 12.4 Å². The fourth-order valence-electron chi connectivity index (χ4n) is 3.97. The second-order valence-corrected chi connectivity index (χ2v) is 5.40. The van der Waals surface area contributed by atoms with Crippen molar-refractivity contribution in [3.05, 3.63) is 0 Å². The molecule has 2 saturated carbocycles. The fourth-order valence-corrected chi connectivity index (χ4v) is 3.97. The Bertz CT molecular complexity index is 197. The van der Waals surface area contributed by atoms with Crippen molar-refractivity contribution in [1.82, 2.24) is 0 Å². The van der Waals surface area contributed by atoms with Crippen LogP contribution in [0.3, 0.4) is 0 Å². The van der Waals surface area contributed by atoms with Crippen LogP contribution < -0.4 is 5.73 Å². The number of rotatable bonds is 0. The lowest BCUT2D eigenvalue weighted by Crippen LogP contribution is -2.64. The molecule has 0 spiro atoms. The van der Waals surface area contributed by atoms with Crippen LogP contribution in [0.4, 0.5) is 0 Å². The molecule has 76 valence electrons. The predicted octanol–water partition coefficient (Wildman–Crippen LogP) is 2.06. The van der Waals surface area contributed by atoms with E-state index in [0.29, 0.717) is 0 Å². The third-order valence-electron chi connectivity index (χ3n) is 3.83. The molecule has 13 heavy (non-hydrogen) atoms. The van der Waals surface area contributed by atoms with E-state index in [1.54, 1.807) is 0 Å². The number of nitrogens with two attached hydrogens (primary N) is 1. The minimum Gasteiger partial charge on any atom is -0.355 e. The molecule has 4 fully saturated rings. The highest BCUT2D eigenvalue weighted by Crippen LogP contribution is 2.55. The predicted molar refractivity (Wildman–Crippen MR) is 53.7 cm³/mol. The van der Waals surface area contributed by atoms with E-state index in [4.69, 9.17) is 10.5 Å². The Morgan fingerprint density at radius 2 is 1.69 bits per heavy atom. The molecule has 2 heterocycles. The SMILES string of the molecule is CC12CC3CC(C1)CC(N)(C3)O2.Cl. The molecule has 2 nitrogen and oxygen atoms in total. The van der Waals surface area contributed by atoms with Gasteiger partial charge in [-0.05, 0) is 50.9 Å². The largest absolute Gasteiger partial charge is 0.355 e. The molecule has 0 amide bonds. The first-order valence-corrected chi connectivity index (χ1v) is 5.06. The van der Waals surface area contributed by atoms with E-state index in [-0.39, 0.29) is 23.7 Å². The third-order valence-corrected chi connectivity index (χ3v) is 3.83. The van der Waals surface area contributed by atoms with Crippen LogP contribution >= 0.6 is 12.4 Å². The van der Waals surface area contributed by atoms with Crippen molar-refractivity contribution < 1.29 is 4.74 Å².